The van der Waals surface area contributed by atoms with Crippen LogP contribution in [0, 0.1) is 0 Å². The Labute approximate surface area is 164 Å². The average molecular weight is 399 g/mol. The number of hydrogen-bond acceptors (Lipinski definition) is 7. The number of benzene rings is 1. The second-order valence-corrected chi connectivity index (χ2v) is 7.25. The molecule has 1 aromatic carbocycles. The van der Waals surface area contributed by atoms with Crippen molar-refractivity contribution in [2.75, 3.05) is 5.01 Å². The topological polar surface area (TPSA) is 82.8 Å². The number of thiazole rings is 1. The first-order chi connectivity index (χ1) is 13.1. The van der Waals surface area contributed by atoms with Gasteiger partial charge in [0.05, 0.1) is 17.4 Å². The first kappa shape index (κ1) is 17.6. The van der Waals surface area contributed by atoms with Gasteiger partial charge in [-0.2, -0.15) is 10.2 Å². The lowest BCUT2D eigenvalue weighted by atomic mass is 10.2. The Morgan fingerprint density at radius 3 is 2.81 bits per heavy atom. The molecule has 7 nitrogen and oxygen atoms in total. The van der Waals surface area contributed by atoms with Gasteiger partial charge in [-0.3, -0.25) is 20.2 Å². The van der Waals surface area contributed by atoms with Crippen molar-refractivity contribution in [1.29, 1.82) is 0 Å². The summed E-state index contributed by atoms with van der Waals surface area (Å²) in [5.74, 6) is -0.210. The lowest BCUT2D eigenvalue weighted by Gasteiger charge is -2.19. The second kappa shape index (κ2) is 7.42. The Kier molecular flexibility index (Phi) is 4.83. The summed E-state index contributed by atoms with van der Waals surface area (Å²) in [6, 6.07) is 9.94. The number of rotatable bonds is 4. The molecule has 0 bridgehead atoms. The number of nitrogens with one attached hydrogen (secondary N) is 1. The highest BCUT2D eigenvalue weighted by molar-refractivity contribution is 7.14. The summed E-state index contributed by atoms with van der Waals surface area (Å²) in [5, 5.41) is 13.4. The third kappa shape index (κ3) is 3.67. The Morgan fingerprint density at radius 2 is 2.07 bits per heavy atom. The fraction of sp³-hybridized carbons (Fsp3) is 0.167. The van der Waals surface area contributed by atoms with E-state index in [-0.39, 0.29) is 11.9 Å². The van der Waals surface area contributed by atoms with Gasteiger partial charge in [0.15, 0.2) is 6.04 Å². The van der Waals surface area contributed by atoms with Crippen LogP contribution in [-0.4, -0.2) is 28.0 Å². The van der Waals surface area contributed by atoms with Gasteiger partial charge in [0.25, 0.3) is 5.91 Å². The monoisotopic (exact) mass is 398 g/mol. The highest BCUT2D eigenvalue weighted by atomic mass is 35.5. The van der Waals surface area contributed by atoms with Gasteiger partial charge in [-0.25, -0.2) is 4.98 Å². The predicted molar refractivity (Wildman–Crippen MR) is 105 cm³/mol. The summed E-state index contributed by atoms with van der Waals surface area (Å²) in [5.41, 5.74) is 5.22. The standard InChI is InChI=1S/C18H15ClN6OS/c1-11-16(23-22-14-6-4-13(19)5-7-14)17(26)24-25(11)18-21-15(10-27-18)12-3-2-8-20-9-12/h2-11,16H,1H3,(H,24,26). The fourth-order valence-corrected chi connectivity index (χ4v) is 3.68. The van der Waals surface area contributed by atoms with E-state index in [1.807, 2.05) is 24.4 Å². The van der Waals surface area contributed by atoms with Gasteiger partial charge in [-0.05, 0) is 43.3 Å². The van der Waals surface area contributed by atoms with Crippen molar-refractivity contribution in [1.82, 2.24) is 15.4 Å². The number of halogens is 1. The molecule has 2 aromatic heterocycles. The van der Waals surface area contributed by atoms with Crippen LogP contribution in [0.5, 0.6) is 0 Å². The van der Waals surface area contributed by atoms with E-state index in [2.05, 4.69) is 25.6 Å². The van der Waals surface area contributed by atoms with Crippen molar-refractivity contribution in [2.45, 2.75) is 19.0 Å². The number of aromatic nitrogens is 2. The minimum Gasteiger partial charge on any atom is -0.271 e. The van der Waals surface area contributed by atoms with Crippen molar-refractivity contribution >= 4 is 39.7 Å². The number of nitrogens with zero attached hydrogens (tertiary/aromatic N) is 5. The van der Waals surface area contributed by atoms with Crippen molar-refractivity contribution in [3.05, 3.63) is 59.2 Å². The third-order valence-corrected chi connectivity index (χ3v) is 5.24. The molecule has 2 atom stereocenters. The SMILES string of the molecule is CC1C(N=Nc2ccc(Cl)cc2)C(=O)NN1c1nc(-c2cccnc2)cs1. The molecule has 1 amide bonds. The zero-order chi connectivity index (χ0) is 18.8. The van der Waals surface area contributed by atoms with Crippen LogP contribution in [0.1, 0.15) is 6.92 Å². The highest BCUT2D eigenvalue weighted by Crippen LogP contribution is 2.30. The fourth-order valence-electron chi connectivity index (χ4n) is 2.68. The van der Waals surface area contributed by atoms with Gasteiger partial charge < -0.3 is 0 Å². The third-order valence-electron chi connectivity index (χ3n) is 4.14. The molecule has 2 unspecified atom stereocenters. The van der Waals surface area contributed by atoms with E-state index >= 15 is 0 Å². The smallest absolute Gasteiger partial charge is 0.267 e. The molecule has 27 heavy (non-hydrogen) atoms. The summed E-state index contributed by atoms with van der Waals surface area (Å²) in [4.78, 5) is 21.1. The Balaban J connectivity index is 1.52. The van der Waals surface area contributed by atoms with Crippen molar-refractivity contribution in [3.8, 4) is 11.3 Å². The minimum atomic E-state index is -0.619. The van der Waals surface area contributed by atoms with E-state index in [0.29, 0.717) is 15.8 Å². The zero-order valence-electron chi connectivity index (χ0n) is 14.3. The van der Waals surface area contributed by atoms with Crippen LogP contribution in [0.4, 0.5) is 10.8 Å². The zero-order valence-corrected chi connectivity index (χ0v) is 15.9. The molecule has 9 heteroatoms. The van der Waals surface area contributed by atoms with Crippen LogP contribution in [0.2, 0.25) is 5.02 Å². The molecule has 0 aliphatic carbocycles. The van der Waals surface area contributed by atoms with Crippen molar-refractivity contribution in [2.24, 2.45) is 10.2 Å². The normalized spacial score (nSPS) is 19.6. The lowest BCUT2D eigenvalue weighted by molar-refractivity contribution is -0.120. The number of hydrogen-bond donors (Lipinski definition) is 1. The summed E-state index contributed by atoms with van der Waals surface area (Å²) in [6.45, 7) is 1.91. The van der Waals surface area contributed by atoms with Crippen LogP contribution < -0.4 is 10.4 Å². The molecule has 136 valence electrons. The summed E-state index contributed by atoms with van der Waals surface area (Å²) in [7, 11) is 0. The van der Waals surface area contributed by atoms with Gasteiger partial charge >= 0.3 is 0 Å². The largest absolute Gasteiger partial charge is 0.271 e. The summed E-state index contributed by atoms with van der Waals surface area (Å²) in [6.07, 6.45) is 3.48. The number of pyridine rings is 1. The summed E-state index contributed by atoms with van der Waals surface area (Å²) >= 11 is 7.32. The Hall–Kier alpha value is -2.84. The molecule has 0 spiro atoms. The molecule has 3 aromatic rings. The maximum atomic E-state index is 12.4. The first-order valence-electron chi connectivity index (χ1n) is 8.24. The van der Waals surface area contributed by atoms with E-state index in [4.69, 9.17) is 11.6 Å². The number of carbonyl (C=O) groups is 1. The van der Waals surface area contributed by atoms with E-state index in [1.54, 1.807) is 41.7 Å². The van der Waals surface area contributed by atoms with Gasteiger partial charge in [-0.1, -0.05) is 11.6 Å². The molecule has 1 saturated heterocycles. The Morgan fingerprint density at radius 1 is 1.26 bits per heavy atom. The van der Waals surface area contributed by atoms with E-state index < -0.39 is 6.04 Å². The van der Waals surface area contributed by atoms with Crippen LogP contribution in [0.15, 0.2) is 64.4 Å². The number of hydrazine groups is 1. The molecule has 0 saturated carbocycles. The average Bonchev–Trinajstić information content (AvgIpc) is 3.27. The predicted octanol–water partition coefficient (Wildman–Crippen LogP) is 4.25. The van der Waals surface area contributed by atoms with Gasteiger partial charge in [0, 0.05) is 28.4 Å². The van der Waals surface area contributed by atoms with Crippen LogP contribution >= 0.6 is 22.9 Å². The number of azo groups is 1. The van der Waals surface area contributed by atoms with E-state index in [1.165, 1.54) is 11.3 Å². The first-order valence-corrected chi connectivity index (χ1v) is 9.49. The van der Waals surface area contributed by atoms with E-state index in [9.17, 15) is 4.79 Å². The molecule has 4 rings (SSSR count). The molecule has 1 N–H and O–H groups in total. The maximum absolute atomic E-state index is 12.4. The van der Waals surface area contributed by atoms with Gasteiger partial charge in [0.2, 0.25) is 5.13 Å². The van der Waals surface area contributed by atoms with Crippen LogP contribution in [0.3, 0.4) is 0 Å². The van der Waals surface area contributed by atoms with Gasteiger partial charge in [0.1, 0.15) is 0 Å². The quantitative estimate of drug-likeness (QED) is 0.666. The molecule has 3 heterocycles. The molecular weight excluding hydrogens is 384 g/mol. The number of anilines is 1. The summed E-state index contributed by atoms with van der Waals surface area (Å²) < 4.78 is 0. The molecule has 1 aliphatic rings. The van der Waals surface area contributed by atoms with Crippen LogP contribution in [0.25, 0.3) is 11.3 Å². The minimum absolute atomic E-state index is 0.210. The van der Waals surface area contributed by atoms with E-state index in [0.717, 1.165) is 11.3 Å². The number of carbonyl (C=O) groups excluding carboxylic acids is 1. The van der Waals surface area contributed by atoms with Crippen LogP contribution in [-0.2, 0) is 4.79 Å². The van der Waals surface area contributed by atoms with Crippen molar-refractivity contribution < 1.29 is 4.79 Å². The van der Waals surface area contributed by atoms with Crippen molar-refractivity contribution in [3.63, 3.8) is 0 Å². The molecule has 1 aliphatic heterocycles. The molecular formula is C18H15ClN6OS. The number of amides is 1. The van der Waals surface area contributed by atoms with Gasteiger partial charge in [-0.15, -0.1) is 11.3 Å². The maximum Gasteiger partial charge on any atom is 0.267 e. The second-order valence-electron chi connectivity index (χ2n) is 5.98. The molecule has 0 radical (unpaired) electrons. The Bertz CT molecular complexity index is 975. The molecule has 1 fully saturated rings. The lowest BCUT2D eigenvalue weighted by Crippen LogP contribution is -2.37. The highest BCUT2D eigenvalue weighted by Gasteiger charge is 2.39.